The van der Waals surface area contributed by atoms with Gasteiger partial charge in [0.1, 0.15) is 6.07 Å². The number of allylic oxidation sites excluding steroid dienone is 1. The first kappa shape index (κ1) is 11.3. The predicted octanol–water partition coefficient (Wildman–Crippen LogP) is 1.06. The average Bonchev–Trinajstić information content (AvgIpc) is 2.03. The number of esters is 1. The number of methoxy groups -OCH3 is 1. The van der Waals surface area contributed by atoms with Gasteiger partial charge < -0.3 is 9.84 Å². The molecule has 1 N–H and O–H groups in total. The minimum Gasteiger partial charge on any atom is -0.503 e. The minimum atomic E-state index is -5.13. The van der Waals surface area contributed by atoms with Gasteiger partial charge >= 0.3 is 12.1 Å². The maximum atomic E-state index is 11.7. The highest BCUT2D eigenvalue weighted by Crippen LogP contribution is 2.25. The van der Waals surface area contributed by atoms with Crippen molar-refractivity contribution < 1.29 is 27.8 Å². The molecule has 0 aliphatic heterocycles. The van der Waals surface area contributed by atoms with Gasteiger partial charge in [0.25, 0.3) is 0 Å². The van der Waals surface area contributed by atoms with E-state index < -0.39 is 23.5 Å². The number of aliphatic hydroxyl groups is 1. The lowest BCUT2D eigenvalue weighted by atomic mass is 10.2. The number of nitrogens with zero attached hydrogens (tertiary/aromatic N) is 1. The van der Waals surface area contributed by atoms with E-state index in [9.17, 15) is 18.0 Å². The molecule has 0 unspecified atom stereocenters. The lowest BCUT2D eigenvalue weighted by Crippen LogP contribution is -2.18. The van der Waals surface area contributed by atoms with Gasteiger partial charge in [0.15, 0.2) is 5.57 Å². The first-order valence-electron chi connectivity index (χ1n) is 2.83. The molecule has 0 aliphatic carbocycles. The van der Waals surface area contributed by atoms with E-state index in [0.29, 0.717) is 0 Å². The van der Waals surface area contributed by atoms with Crippen molar-refractivity contribution in [3.8, 4) is 6.07 Å². The molecule has 0 aromatic heterocycles. The molecule has 0 aliphatic rings. The fourth-order valence-corrected chi connectivity index (χ4v) is 0.439. The first-order valence-corrected chi connectivity index (χ1v) is 2.83. The third-order valence-electron chi connectivity index (χ3n) is 1.01. The van der Waals surface area contributed by atoms with Gasteiger partial charge in [-0.2, -0.15) is 18.4 Å². The molecule has 13 heavy (non-hydrogen) atoms. The molecule has 0 aromatic rings. The summed E-state index contributed by atoms with van der Waals surface area (Å²) in [6.07, 6.45) is -5.13. The van der Waals surface area contributed by atoms with Crippen LogP contribution in [-0.2, 0) is 9.53 Å². The third-order valence-corrected chi connectivity index (χ3v) is 1.01. The van der Waals surface area contributed by atoms with E-state index in [2.05, 4.69) is 4.74 Å². The number of halogens is 3. The van der Waals surface area contributed by atoms with Gasteiger partial charge in [-0.15, -0.1) is 0 Å². The Morgan fingerprint density at radius 1 is 1.54 bits per heavy atom. The number of hydrogen-bond donors (Lipinski definition) is 1. The van der Waals surface area contributed by atoms with Crippen LogP contribution in [0.5, 0.6) is 0 Å². The van der Waals surface area contributed by atoms with Crippen LogP contribution in [0.1, 0.15) is 0 Å². The van der Waals surface area contributed by atoms with Gasteiger partial charge in [0.05, 0.1) is 7.11 Å². The smallest absolute Gasteiger partial charge is 0.450 e. The van der Waals surface area contributed by atoms with E-state index in [4.69, 9.17) is 10.4 Å². The standard InChI is InChI=1S/C6H4F3NO3/c1-13-5(12)3(2-10)4(11)6(7,8)9/h11H,1H3. The fraction of sp³-hybridized carbons (Fsp3) is 0.333. The Hall–Kier alpha value is -1.71. The van der Waals surface area contributed by atoms with Crippen LogP contribution >= 0.6 is 0 Å². The molecular formula is C6H4F3NO3. The molecule has 0 spiro atoms. The van der Waals surface area contributed by atoms with Gasteiger partial charge in [-0.3, -0.25) is 0 Å². The number of rotatable bonds is 1. The van der Waals surface area contributed by atoms with Crippen molar-refractivity contribution in [1.82, 2.24) is 0 Å². The molecule has 72 valence electrons. The lowest BCUT2D eigenvalue weighted by Gasteiger charge is -2.05. The fourth-order valence-electron chi connectivity index (χ4n) is 0.439. The Bertz CT molecular complexity index is 286. The predicted molar refractivity (Wildman–Crippen MR) is 33.3 cm³/mol. The lowest BCUT2D eigenvalue weighted by molar-refractivity contribution is -0.140. The van der Waals surface area contributed by atoms with Crippen LogP contribution in [-0.4, -0.2) is 24.4 Å². The number of hydrogen-bond acceptors (Lipinski definition) is 4. The molecule has 0 rings (SSSR count). The summed E-state index contributed by atoms with van der Waals surface area (Å²) in [5.41, 5.74) is -1.46. The van der Waals surface area contributed by atoms with Crippen molar-refractivity contribution in [3.63, 3.8) is 0 Å². The topological polar surface area (TPSA) is 70.3 Å². The van der Waals surface area contributed by atoms with E-state index in [1.54, 1.807) is 0 Å². The van der Waals surface area contributed by atoms with Gasteiger partial charge in [0, 0.05) is 0 Å². The number of carbonyl (C=O) groups excluding carboxylic acids is 1. The van der Waals surface area contributed by atoms with Gasteiger partial charge in [-0.1, -0.05) is 0 Å². The monoisotopic (exact) mass is 195 g/mol. The van der Waals surface area contributed by atoms with E-state index in [0.717, 1.165) is 13.2 Å². The summed E-state index contributed by atoms with van der Waals surface area (Å²) in [6.45, 7) is 0. The molecule has 0 radical (unpaired) electrons. The molecule has 7 heteroatoms. The Morgan fingerprint density at radius 3 is 2.23 bits per heavy atom. The molecule has 0 bridgehead atoms. The number of ether oxygens (including phenoxy) is 1. The zero-order chi connectivity index (χ0) is 10.6. The van der Waals surface area contributed by atoms with Crippen molar-refractivity contribution in [2.75, 3.05) is 7.11 Å². The highest BCUT2D eigenvalue weighted by atomic mass is 19.4. The van der Waals surface area contributed by atoms with Crippen LogP contribution in [0.15, 0.2) is 11.3 Å². The van der Waals surface area contributed by atoms with Gasteiger partial charge in [0.2, 0.25) is 5.76 Å². The number of alkyl halides is 3. The van der Waals surface area contributed by atoms with Gasteiger partial charge in [-0.25, -0.2) is 4.79 Å². The molecule has 0 atom stereocenters. The quantitative estimate of drug-likeness (QED) is 0.294. The second kappa shape index (κ2) is 3.80. The van der Waals surface area contributed by atoms with Crippen LogP contribution in [0.2, 0.25) is 0 Å². The molecule has 0 aromatic carbocycles. The molecule has 4 nitrogen and oxygen atoms in total. The number of aliphatic hydroxyl groups excluding tert-OH is 1. The van der Waals surface area contributed by atoms with E-state index in [-0.39, 0.29) is 0 Å². The largest absolute Gasteiger partial charge is 0.503 e. The van der Waals surface area contributed by atoms with Crippen LogP contribution in [0.25, 0.3) is 0 Å². The minimum absolute atomic E-state index is 0.795. The van der Waals surface area contributed by atoms with Crippen molar-refractivity contribution in [2.45, 2.75) is 6.18 Å². The summed E-state index contributed by atoms with van der Waals surface area (Å²) >= 11 is 0. The van der Waals surface area contributed by atoms with Crippen LogP contribution in [0, 0.1) is 11.3 Å². The van der Waals surface area contributed by atoms with Crippen molar-refractivity contribution >= 4 is 5.97 Å². The first-order chi connectivity index (χ1) is 5.84. The molecule has 0 fully saturated rings. The SMILES string of the molecule is COC(=O)C(C#N)=C(O)C(F)(F)F. The van der Waals surface area contributed by atoms with Gasteiger partial charge in [-0.05, 0) is 0 Å². The summed E-state index contributed by atoms with van der Waals surface area (Å²) in [6, 6.07) is 0.894. The zero-order valence-electron chi connectivity index (χ0n) is 6.34. The maximum Gasteiger partial charge on any atom is 0.450 e. The Kier molecular flexibility index (Phi) is 3.30. The highest BCUT2D eigenvalue weighted by molar-refractivity contribution is 5.93. The summed E-state index contributed by atoms with van der Waals surface area (Å²) in [5.74, 6) is -3.78. The second-order valence-corrected chi connectivity index (χ2v) is 1.82. The van der Waals surface area contributed by atoms with Crippen molar-refractivity contribution in [1.29, 1.82) is 5.26 Å². The average molecular weight is 195 g/mol. The summed E-state index contributed by atoms with van der Waals surface area (Å²) in [5, 5.41) is 16.5. The molecule has 0 heterocycles. The highest BCUT2D eigenvalue weighted by Gasteiger charge is 2.39. The van der Waals surface area contributed by atoms with Crippen molar-refractivity contribution in [2.24, 2.45) is 0 Å². The molecule has 0 saturated heterocycles. The van der Waals surface area contributed by atoms with Crippen LogP contribution in [0.4, 0.5) is 13.2 Å². The van der Waals surface area contributed by atoms with E-state index in [1.807, 2.05) is 0 Å². The molecule has 0 saturated carbocycles. The Labute approximate surface area is 70.8 Å². The Balaban J connectivity index is 5.18. The van der Waals surface area contributed by atoms with E-state index >= 15 is 0 Å². The van der Waals surface area contributed by atoms with Crippen LogP contribution < -0.4 is 0 Å². The summed E-state index contributed by atoms with van der Waals surface area (Å²) in [7, 11) is 0.795. The second-order valence-electron chi connectivity index (χ2n) is 1.82. The molecular weight excluding hydrogens is 191 g/mol. The number of nitriles is 1. The van der Waals surface area contributed by atoms with Crippen molar-refractivity contribution in [3.05, 3.63) is 11.3 Å². The Morgan fingerprint density at radius 2 is 2.00 bits per heavy atom. The summed E-state index contributed by atoms with van der Waals surface area (Å²) in [4.78, 5) is 10.5. The number of carbonyl (C=O) groups is 1. The van der Waals surface area contributed by atoms with Crippen LogP contribution in [0.3, 0.4) is 0 Å². The summed E-state index contributed by atoms with van der Waals surface area (Å²) < 4.78 is 39.0. The normalized spacial score (nSPS) is 12.8. The zero-order valence-corrected chi connectivity index (χ0v) is 6.34. The maximum absolute atomic E-state index is 11.7. The van der Waals surface area contributed by atoms with E-state index in [1.165, 1.54) is 0 Å². The third kappa shape index (κ3) is 2.66. The molecule has 0 amide bonds.